The van der Waals surface area contributed by atoms with Gasteiger partial charge in [0.25, 0.3) is 5.69 Å². The highest BCUT2D eigenvalue weighted by atomic mass is 16.6. The van der Waals surface area contributed by atoms with Crippen molar-refractivity contribution in [3.8, 4) is 11.1 Å². The molecule has 0 spiro atoms. The first-order valence-corrected chi connectivity index (χ1v) is 8.07. The zero-order valence-electron chi connectivity index (χ0n) is 13.5. The smallest absolute Gasteiger partial charge is 0.292 e. The lowest BCUT2D eigenvalue weighted by Crippen LogP contribution is -2.11. The van der Waals surface area contributed by atoms with Gasteiger partial charge in [0, 0.05) is 18.5 Å². The molecule has 0 saturated heterocycles. The van der Waals surface area contributed by atoms with Crippen molar-refractivity contribution >= 4 is 11.4 Å². The highest BCUT2D eigenvalue weighted by Crippen LogP contribution is 2.49. The van der Waals surface area contributed by atoms with Gasteiger partial charge in [0.05, 0.1) is 4.92 Å². The molecular formula is C20H17N3O2. The van der Waals surface area contributed by atoms with Crippen LogP contribution in [0.3, 0.4) is 0 Å². The zero-order chi connectivity index (χ0) is 17.6. The van der Waals surface area contributed by atoms with Gasteiger partial charge in [0.15, 0.2) is 0 Å². The summed E-state index contributed by atoms with van der Waals surface area (Å²) in [5.41, 5.74) is 18.4. The molecule has 5 nitrogen and oxygen atoms in total. The van der Waals surface area contributed by atoms with Gasteiger partial charge in [-0.25, -0.2) is 0 Å². The second kappa shape index (κ2) is 5.72. The van der Waals surface area contributed by atoms with Crippen LogP contribution >= 0.6 is 0 Å². The van der Waals surface area contributed by atoms with Crippen LogP contribution in [0.2, 0.25) is 0 Å². The first kappa shape index (κ1) is 15.4. The fourth-order valence-electron chi connectivity index (χ4n) is 3.82. The first-order chi connectivity index (χ1) is 12.1. The van der Waals surface area contributed by atoms with E-state index in [1.165, 1.54) is 28.3 Å². The summed E-state index contributed by atoms with van der Waals surface area (Å²) in [4.78, 5) is 10.7. The summed E-state index contributed by atoms with van der Waals surface area (Å²) in [7, 11) is 0. The molecule has 3 aromatic carbocycles. The lowest BCUT2D eigenvalue weighted by molar-refractivity contribution is -0.384. The zero-order valence-corrected chi connectivity index (χ0v) is 13.5. The Balaban J connectivity index is 2.00. The Kier molecular flexibility index (Phi) is 3.51. The van der Waals surface area contributed by atoms with Crippen LogP contribution in [0.1, 0.15) is 28.2 Å². The van der Waals surface area contributed by atoms with Gasteiger partial charge in [-0.1, -0.05) is 54.6 Å². The average Bonchev–Trinajstić information content (AvgIpc) is 2.95. The van der Waals surface area contributed by atoms with Gasteiger partial charge in [0.1, 0.15) is 5.69 Å². The van der Waals surface area contributed by atoms with E-state index in [1.807, 2.05) is 24.3 Å². The van der Waals surface area contributed by atoms with Gasteiger partial charge in [-0.05, 0) is 33.4 Å². The van der Waals surface area contributed by atoms with Crippen LogP contribution in [-0.2, 0) is 6.54 Å². The fraction of sp³-hybridized carbons (Fsp3) is 0.100. The van der Waals surface area contributed by atoms with Gasteiger partial charge in [-0.15, -0.1) is 0 Å². The summed E-state index contributed by atoms with van der Waals surface area (Å²) in [6.07, 6.45) is 0. The number of nitro benzene ring substituents is 1. The average molecular weight is 331 g/mol. The number of nitrogens with zero attached hydrogens (tertiary/aromatic N) is 1. The van der Waals surface area contributed by atoms with Crippen LogP contribution in [0.4, 0.5) is 11.4 Å². The minimum Gasteiger partial charge on any atom is -0.393 e. The number of hydrogen-bond donors (Lipinski definition) is 2. The summed E-state index contributed by atoms with van der Waals surface area (Å²) in [6, 6.07) is 19.7. The van der Waals surface area contributed by atoms with E-state index in [0.29, 0.717) is 5.56 Å². The van der Waals surface area contributed by atoms with Crippen LogP contribution < -0.4 is 11.5 Å². The van der Waals surface area contributed by atoms with Crippen molar-refractivity contribution < 1.29 is 4.92 Å². The van der Waals surface area contributed by atoms with Crippen molar-refractivity contribution in [3.63, 3.8) is 0 Å². The van der Waals surface area contributed by atoms with Gasteiger partial charge in [-0.3, -0.25) is 10.1 Å². The maximum Gasteiger partial charge on any atom is 0.292 e. The van der Waals surface area contributed by atoms with E-state index in [1.54, 1.807) is 6.07 Å². The normalized spacial score (nSPS) is 12.7. The molecule has 0 saturated carbocycles. The molecule has 0 unspecified atom stereocenters. The van der Waals surface area contributed by atoms with Crippen LogP contribution in [0.25, 0.3) is 11.1 Å². The molecule has 0 bridgehead atoms. The number of benzene rings is 3. The number of nitrogens with two attached hydrogens (primary N) is 2. The third-order valence-electron chi connectivity index (χ3n) is 4.92. The fourth-order valence-corrected chi connectivity index (χ4v) is 3.82. The SMILES string of the molecule is NCc1c(C2c3ccccc3-c3ccccc32)ccc([N+](=O)[O-])c1N. The Bertz CT molecular complexity index is 952. The molecule has 0 heterocycles. The molecule has 25 heavy (non-hydrogen) atoms. The number of anilines is 1. The van der Waals surface area contributed by atoms with Crippen molar-refractivity contribution in [3.05, 3.63) is 93.0 Å². The molecule has 0 aliphatic heterocycles. The summed E-state index contributed by atoms with van der Waals surface area (Å²) >= 11 is 0. The summed E-state index contributed by atoms with van der Waals surface area (Å²) in [6.45, 7) is 0.156. The number of rotatable bonds is 3. The summed E-state index contributed by atoms with van der Waals surface area (Å²) in [5, 5.41) is 11.2. The molecule has 0 aromatic heterocycles. The molecule has 0 radical (unpaired) electrons. The monoisotopic (exact) mass is 331 g/mol. The van der Waals surface area contributed by atoms with E-state index in [-0.39, 0.29) is 23.8 Å². The second-order valence-corrected chi connectivity index (χ2v) is 6.13. The van der Waals surface area contributed by atoms with E-state index in [0.717, 1.165) is 5.56 Å². The van der Waals surface area contributed by atoms with Crippen molar-refractivity contribution in [2.45, 2.75) is 12.5 Å². The third kappa shape index (κ3) is 2.21. The molecular weight excluding hydrogens is 314 g/mol. The van der Waals surface area contributed by atoms with Crippen molar-refractivity contribution in [2.75, 3.05) is 5.73 Å². The van der Waals surface area contributed by atoms with E-state index in [4.69, 9.17) is 11.5 Å². The van der Waals surface area contributed by atoms with Crippen LogP contribution in [0.5, 0.6) is 0 Å². The minimum absolute atomic E-state index is 0.0194. The minimum atomic E-state index is -0.463. The molecule has 0 atom stereocenters. The molecule has 4 rings (SSSR count). The summed E-state index contributed by atoms with van der Waals surface area (Å²) in [5.74, 6) is -0.0194. The molecule has 3 aromatic rings. The van der Waals surface area contributed by atoms with Crippen LogP contribution in [0.15, 0.2) is 60.7 Å². The molecule has 124 valence electrons. The molecule has 0 fully saturated rings. The molecule has 1 aliphatic rings. The number of hydrogen-bond acceptors (Lipinski definition) is 4. The van der Waals surface area contributed by atoms with Crippen molar-refractivity contribution in [1.82, 2.24) is 0 Å². The van der Waals surface area contributed by atoms with Crippen LogP contribution in [-0.4, -0.2) is 4.92 Å². The van der Waals surface area contributed by atoms with E-state index in [9.17, 15) is 10.1 Å². The quantitative estimate of drug-likeness (QED) is 0.339. The standard InChI is InChI=1S/C20H17N3O2/c21-11-17-16(9-10-18(20(17)22)23(24)25)19-14-7-3-1-5-12(14)13-6-2-4-8-15(13)19/h1-10,19H,11,21-22H2. The van der Waals surface area contributed by atoms with Gasteiger partial charge in [-0.2, -0.15) is 0 Å². The van der Waals surface area contributed by atoms with Gasteiger partial charge < -0.3 is 11.5 Å². The van der Waals surface area contributed by atoms with E-state index >= 15 is 0 Å². The van der Waals surface area contributed by atoms with E-state index < -0.39 is 4.92 Å². The third-order valence-corrected chi connectivity index (χ3v) is 4.92. The van der Waals surface area contributed by atoms with Gasteiger partial charge in [0.2, 0.25) is 0 Å². The summed E-state index contributed by atoms with van der Waals surface area (Å²) < 4.78 is 0. The molecule has 1 aliphatic carbocycles. The first-order valence-electron chi connectivity index (χ1n) is 8.07. The Morgan fingerprint density at radius 3 is 1.96 bits per heavy atom. The maximum absolute atomic E-state index is 11.2. The maximum atomic E-state index is 11.2. The number of nitro groups is 1. The molecule has 5 heteroatoms. The van der Waals surface area contributed by atoms with Crippen molar-refractivity contribution in [2.24, 2.45) is 5.73 Å². The number of nitrogen functional groups attached to an aromatic ring is 1. The Morgan fingerprint density at radius 1 is 0.880 bits per heavy atom. The molecule has 0 amide bonds. The highest BCUT2D eigenvalue weighted by molar-refractivity contribution is 5.82. The Morgan fingerprint density at radius 2 is 1.44 bits per heavy atom. The topological polar surface area (TPSA) is 95.2 Å². The lowest BCUT2D eigenvalue weighted by atomic mass is 9.85. The van der Waals surface area contributed by atoms with Crippen molar-refractivity contribution in [1.29, 1.82) is 0 Å². The van der Waals surface area contributed by atoms with E-state index in [2.05, 4.69) is 24.3 Å². The second-order valence-electron chi connectivity index (χ2n) is 6.13. The number of fused-ring (bicyclic) bond motifs is 3. The van der Waals surface area contributed by atoms with Gasteiger partial charge >= 0.3 is 0 Å². The lowest BCUT2D eigenvalue weighted by Gasteiger charge is -2.19. The highest BCUT2D eigenvalue weighted by Gasteiger charge is 2.32. The van der Waals surface area contributed by atoms with Crippen LogP contribution in [0, 0.1) is 10.1 Å². The largest absolute Gasteiger partial charge is 0.393 e. The molecule has 4 N–H and O–H groups in total. The Labute approximate surface area is 145 Å². The predicted molar refractivity (Wildman–Crippen MR) is 98.2 cm³/mol. The Hall–Kier alpha value is -3.18. The predicted octanol–water partition coefficient (Wildman–Crippen LogP) is 3.80.